The minimum atomic E-state index is -3.16. The zero-order valence-corrected chi connectivity index (χ0v) is 5.60. The molecule has 0 amide bonds. The van der Waals surface area contributed by atoms with Gasteiger partial charge in [0.05, 0.1) is 0 Å². The van der Waals surface area contributed by atoms with Crippen LogP contribution in [0.2, 0.25) is 0 Å². The largest absolute Gasteiger partial charge is 0.362 e. The van der Waals surface area contributed by atoms with Gasteiger partial charge in [0, 0.05) is 5.27 Å². The van der Waals surface area contributed by atoms with Crippen molar-refractivity contribution in [2.45, 2.75) is 4.83 Å². The number of hydrogen-bond donors (Lipinski definition) is 0. The van der Waals surface area contributed by atoms with Gasteiger partial charge in [-0.3, -0.25) is 0 Å². The molecule has 0 radical (unpaired) electrons. The number of hydrogen-bond acceptors (Lipinski definition) is 3. The van der Waals surface area contributed by atoms with Crippen molar-refractivity contribution in [3.63, 3.8) is 0 Å². The van der Waals surface area contributed by atoms with E-state index >= 15 is 0 Å². The predicted octanol–water partition coefficient (Wildman–Crippen LogP) is 1.51. The molecule has 0 saturated heterocycles. The predicted molar refractivity (Wildman–Crippen MR) is 27.1 cm³/mol. The first-order chi connectivity index (χ1) is 4.11. The average molecular weight is 199 g/mol. The van der Waals surface area contributed by atoms with Gasteiger partial charge in [0.2, 0.25) is 5.76 Å². The van der Waals surface area contributed by atoms with Gasteiger partial charge in [0.15, 0.2) is 0 Å². The number of nitrogens with zero attached hydrogens (tertiary/aromatic N) is 2. The highest BCUT2D eigenvalue weighted by atomic mass is 79.9. The number of rotatable bonds is 1. The summed E-state index contributed by atoms with van der Waals surface area (Å²) in [6, 6.07) is 0. The topological polar surface area (TPSA) is 38.9 Å². The van der Waals surface area contributed by atoms with Gasteiger partial charge in [-0.1, -0.05) is 0 Å². The fraction of sp³-hybridized carbons (Fsp3) is 0.333. The van der Waals surface area contributed by atoms with Gasteiger partial charge in [-0.25, -0.2) is 0 Å². The fourth-order valence-electron chi connectivity index (χ4n) is 0.292. The summed E-state index contributed by atoms with van der Waals surface area (Å²) in [6.07, 6.45) is 0.842. The molecule has 0 bridgehead atoms. The highest BCUT2D eigenvalue weighted by Crippen LogP contribution is 2.33. The van der Waals surface area contributed by atoms with E-state index in [0.29, 0.717) is 0 Å². The van der Waals surface area contributed by atoms with Crippen molar-refractivity contribution in [2.24, 2.45) is 0 Å². The molecule has 1 heterocycles. The van der Waals surface area contributed by atoms with E-state index in [9.17, 15) is 8.78 Å². The van der Waals surface area contributed by atoms with Crippen LogP contribution in [0.15, 0.2) is 10.7 Å². The molecule has 6 heteroatoms. The van der Waals surface area contributed by atoms with E-state index in [2.05, 4.69) is 30.8 Å². The Labute approximate surface area is 57.1 Å². The van der Waals surface area contributed by atoms with Crippen molar-refractivity contribution in [2.75, 3.05) is 0 Å². The molecule has 3 nitrogen and oxygen atoms in total. The quantitative estimate of drug-likeness (QED) is 0.643. The van der Waals surface area contributed by atoms with Crippen LogP contribution in [0.1, 0.15) is 5.76 Å². The standard InChI is InChI=1S/C3HBrF2N2O/c4-3(5,6)2-1-7-8-9-2/h1H. The van der Waals surface area contributed by atoms with Gasteiger partial charge in [-0.2, -0.15) is 8.78 Å². The molecule has 0 aromatic carbocycles. The van der Waals surface area contributed by atoms with Crippen molar-refractivity contribution < 1.29 is 13.3 Å². The molecule has 0 aliphatic carbocycles. The van der Waals surface area contributed by atoms with Crippen LogP contribution in [0, 0.1) is 0 Å². The molecule has 1 aromatic rings. The highest BCUT2D eigenvalue weighted by Gasteiger charge is 2.31. The highest BCUT2D eigenvalue weighted by molar-refractivity contribution is 9.09. The first-order valence-electron chi connectivity index (χ1n) is 1.95. The van der Waals surface area contributed by atoms with Crippen LogP contribution in [-0.2, 0) is 4.83 Å². The van der Waals surface area contributed by atoms with Crippen molar-refractivity contribution in [1.82, 2.24) is 10.4 Å². The summed E-state index contributed by atoms with van der Waals surface area (Å²) in [7, 11) is 0. The van der Waals surface area contributed by atoms with Crippen molar-refractivity contribution in [3.05, 3.63) is 12.0 Å². The second-order valence-corrected chi connectivity index (χ2v) is 2.28. The average Bonchev–Trinajstić information content (AvgIpc) is 2.08. The molecule has 0 aliphatic rings. The Hall–Kier alpha value is -0.520. The molecule has 0 fully saturated rings. The Balaban J connectivity index is 2.90. The van der Waals surface area contributed by atoms with E-state index < -0.39 is 10.6 Å². The van der Waals surface area contributed by atoms with Gasteiger partial charge in [-0.05, 0) is 15.9 Å². The molecule has 9 heavy (non-hydrogen) atoms. The van der Waals surface area contributed by atoms with E-state index in [-0.39, 0.29) is 0 Å². The summed E-state index contributed by atoms with van der Waals surface area (Å²) >= 11 is 2.06. The Bertz CT molecular complexity index is 182. The number of aromatic nitrogens is 2. The fourth-order valence-corrected chi connectivity index (χ4v) is 0.467. The van der Waals surface area contributed by atoms with Gasteiger partial charge in [0.25, 0.3) is 0 Å². The summed E-state index contributed by atoms with van der Waals surface area (Å²) in [5.41, 5.74) is 0. The van der Waals surface area contributed by atoms with E-state index in [1.165, 1.54) is 0 Å². The zero-order valence-electron chi connectivity index (χ0n) is 4.01. The molecule has 0 saturated carbocycles. The van der Waals surface area contributed by atoms with E-state index in [4.69, 9.17) is 0 Å². The molecule has 1 aromatic heterocycles. The van der Waals surface area contributed by atoms with Gasteiger partial charge >= 0.3 is 4.83 Å². The first-order valence-corrected chi connectivity index (χ1v) is 2.74. The third kappa shape index (κ3) is 1.44. The van der Waals surface area contributed by atoms with E-state index in [0.717, 1.165) is 6.20 Å². The van der Waals surface area contributed by atoms with Crippen LogP contribution in [0.3, 0.4) is 0 Å². The molecule has 1 rings (SSSR count). The SMILES string of the molecule is FC(F)(Br)c1cnno1. The van der Waals surface area contributed by atoms with E-state index in [1.54, 1.807) is 0 Å². The Morgan fingerprint density at radius 1 is 1.67 bits per heavy atom. The monoisotopic (exact) mass is 198 g/mol. The van der Waals surface area contributed by atoms with Crippen LogP contribution in [0.25, 0.3) is 0 Å². The minimum absolute atomic E-state index is 0.595. The Morgan fingerprint density at radius 3 is 2.56 bits per heavy atom. The summed E-state index contributed by atoms with van der Waals surface area (Å²) in [6.45, 7) is 0. The van der Waals surface area contributed by atoms with Crippen molar-refractivity contribution >= 4 is 15.9 Å². The lowest BCUT2D eigenvalue weighted by molar-refractivity contribution is 0.0780. The maximum Gasteiger partial charge on any atom is 0.362 e. The maximum absolute atomic E-state index is 12.0. The summed E-state index contributed by atoms with van der Waals surface area (Å²) in [5, 5.41) is 5.92. The molecule has 0 unspecified atom stereocenters. The van der Waals surface area contributed by atoms with Crippen LogP contribution >= 0.6 is 15.9 Å². The van der Waals surface area contributed by atoms with Gasteiger partial charge < -0.3 is 4.52 Å². The molecule has 0 spiro atoms. The molecule has 0 N–H and O–H groups in total. The van der Waals surface area contributed by atoms with Crippen LogP contribution in [-0.4, -0.2) is 10.4 Å². The molecular weight excluding hydrogens is 198 g/mol. The number of alkyl halides is 3. The lowest BCUT2D eigenvalue weighted by Gasteiger charge is -1.98. The lowest BCUT2D eigenvalue weighted by atomic mass is 10.5. The number of halogens is 3. The molecule has 50 valence electrons. The van der Waals surface area contributed by atoms with Crippen LogP contribution in [0.5, 0.6) is 0 Å². The van der Waals surface area contributed by atoms with Gasteiger partial charge in [0.1, 0.15) is 6.20 Å². The molecule has 0 atom stereocenters. The smallest absolute Gasteiger partial charge is 0.335 e. The van der Waals surface area contributed by atoms with Crippen LogP contribution < -0.4 is 0 Å². The third-order valence-corrected chi connectivity index (χ3v) is 1.03. The Morgan fingerprint density at radius 2 is 2.33 bits per heavy atom. The third-order valence-electron chi connectivity index (χ3n) is 0.641. The summed E-state index contributed by atoms with van der Waals surface area (Å²) < 4.78 is 28.1. The molecular formula is C3HBrF2N2O. The van der Waals surface area contributed by atoms with Crippen molar-refractivity contribution in [3.8, 4) is 0 Å². The minimum Gasteiger partial charge on any atom is -0.335 e. The van der Waals surface area contributed by atoms with E-state index in [1.807, 2.05) is 0 Å². The lowest BCUT2D eigenvalue weighted by Crippen LogP contribution is -1.99. The van der Waals surface area contributed by atoms with Crippen LogP contribution in [0.4, 0.5) is 8.78 Å². The first kappa shape index (κ1) is 6.60. The second kappa shape index (κ2) is 2.02. The maximum atomic E-state index is 12.0. The Kier molecular flexibility index (Phi) is 1.48. The summed E-state index contributed by atoms with van der Waals surface area (Å²) in [4.78, 5) is -3.16. The normalized spacial score (nSPS) is 11.9. The zero-order chi connectivity index (χ0) is 6.91. The summed E-state index contributed by atoms with van der Waals surface area (Å²) in [5.74, 6) is -0.595. The molecule has 0 aliphatic heterocycles. The van der Waals surface area contributed by atoms with Crippen molar-refractivity contribution in [1.29, 1.82) is 0 Å². The van der Waals surface area contributed by atoms with Gasteiger partial charge in [-0.15, -0.1) is 5.10 Å². The second-order valence-electron chi connectivity index (χ2n) is 1.28.